The van der Waals surface area contributed by atoms with Gasteiger partial charge in [0.15, 0.2) is 11.5 Å². The highest BCUT2D eigenvalue weighted by Crippen LogP contribution is 2.31. The highest BCUT2D eigenvalue weighted by molar-refractivity contribution is 5.63. The van der Waals surface area contributed by atoms with Gasteiger partial charge in [-0.1, -0.05) is 18.1 Å². The van der Waals surface area contributed by atoms with Crippen LogP contribution in [0.15, 0.2) is 24.4 Å². The molecule has 0 bridgehead atoms. The fraction of sp³-hybridized carbons (Fsp3) is 0.500. The Hall–Kier alpha value is -2.08. The molecule has 2 N–H and O–H groups in total. The zero-order chi connectivity index (χ0) is 15.8. The highest BCUT2D eigenvalue weighted by atomic mass is 16.5. The number of hydrogen-bond donors (Lipinski definition) is 1. The first-order chi connectivity index (χ1) is 10.8. The number of hydrogen-bond acceptors (Lipinski definition) is 5. The van der Waals surface area contributed by atoms with Crippen molar-refractivity contribution in [1.82, 2.24) is 15.0 Å². The molecular weight excluding hydrogens is 280 g/mol. The lowest BCUT2D eigenvalue weighted by atomic mass is 10.1. The van der Waals surface area contributed by atoms with Gasteiger partial charge in [0, 0.05) is 12.1 Å². The van der Waals surface area contributed by atoms with Crippen LogP contribution in [0.5, 0.6) is 11.5 Å². The number of methoxy groups -OCH3 is 2. The van der Waals surface area contributed by atoms with Gasteiger partial charge >= 0.3 is 0 Å². The molecular formula is C16H24N4O2. The molecule has 0 saturated carbocycles. The monoisotopic (exact) mass is 304 g/mol. The van der Waals surface area contributed by atoms with E-state index in [9.17, 15) is 0 Å². The van der Waals surface area contributed by atoms with E-state index in [1.165, 1.54) is 12.8 Å². The van der Waals surface area contributed by atoms with Crippen LogP contribution in [0.2, 0.25) is 0 Å². The third kappa shape index (κ3) is 4.21. The molecule has 1 aromatic carbocycles. The number of unbranched alkanes of at least 4 members (excludes halogenated alkanes) is 3. The molecule has 120 valence electrons. The number of nitrogens with zero attached hydrogens (tertiary/aromatic N) is 3. The molecule has 6 heteroatoms. The Labute approximate surface area is 131 Å². The number of nitrogens with two attached hydrogens (primary N) is 1. The lowest BCUT2D eigenvalue weighted by Crippen LogP contribution is -2.00. The summed E-state index contributed by atoms with van der Waals surface area (Å²) in [4.78, 5) is 0. The Balaban J connectivity index is 1.99. The first kappa shape index (κ1) is 16.3. The normalized spacial score (nSPS) is 10.7. The van der Waals surface area contributed by atoms with E-state index in [2.05, 4.69) is 10.3 Å². The van der Waals surface area contributed by atoms with Crippen LogP contribution in [-0.4, -0.2) is 35.8 Å². The van der Waals surface area contributed by atoms with Gasteiger partial charge in [-0.25, -0.2) is 0 Å². The van der Waals surface area contributed by atoms with Crippen molar-refractivity contribution in [2.24, 2.45) is 5.73 Å². The van der Waals surface area contributed by atoms with Gasteiger partial charge in [-0.3, -0.25) is 4.68 Å². The number of ether oxygens (including phenoxy) is 2. The van der Waals surface area contributed by atoms with Crippen LogP contribution in [-0.2, 0) is 6.54 Å². The van der Waals surface area contributed by atoms with Crippen LogP contribution in [0.1, 0.15) is 25.7 Å². The van der Waals surface area contributed by atoms with Gasteiger partial charge in [0.1, 0.15) is 5.69 Å². The van der Waals surface area contributed by atoms with Crippen LogP contribution in [0.3, 0.4) is 0 Å². The summed E-state index contributed by atoms with van der Waals surface area (Å²) in [5.74, 6) is 1.40. The Morgan fingerprint density at radius 1 is 1.05 bits per heavy atom. The molecule has 0 aliphatic heterocycles. The molecule has 2 aromatic rings. The van der Waals surface area contributed by atoms with Crippen molar-refractivity contribution >= 4 is 0 Å². The maximum Gasteiger partial charge on any atom is 0.161 e. The van der Waals surface area contributed by atoms with Crippen molar-refractivity contribution in [2.75, 3.05) is 20.8 Å². The summed E-state index contributed by atoms with van der Waals surface area (Å²) in [6.07, 6.45) is 6.49. The van der Waals surface area contributed by atoms with Crippen molar-refractivity contribution in [3.05, 3.63) is 24.4 Å². The van der Waals surface area contributed by atoms with Gasteiger partial charge < -0.3 is 15.2 Å². The minimum Gasteiger partial charge on any atom is -0.493 e. The zero-order valence-corrected chi connectivity index (χ0v) is 13.3. The van der Waals surface area contributed by atoms with Crippen LogP contribution < -0.4 is 15.2 Å². The molecule has 6 nitrogen and oxygen atoms in total. The van der Waals surface area contributed by atoms with Gasteiger partial charge in [0.25, 0.3) is 0 Å². The molecule has 0 atom stereocenters. The predicted octanol–water partition coefficient (Wildman–Crippen LogP) is 2.48. The lowest BCUT2D eigenvalue weighted by Gasteiger charge is -2.08. The van der Waals surface area contributed by atoms with Gasteiger partial charge in [0.2, 0.25) is 0 Å². The summed E-state index contributed by atoms with van der Waals surface area (Å²) >= 11 is 0. The molecule has 0 aliphatic rings. The molecule has 2 rings (SSSR count). The summed E-state index contributed by atoms with van der Waals surface area (Å²) in [6, 6.07) is 5.74. The van der Waals surface area contributed by atoms with E-state index in [0.717, 1.165) is 37.2 Å². The van der Waals surface area contributed by atoms with Crippen LogP contribution >= 0.6 is 0 Å². The summed E-state index contributed by atoms with van der Waals surface area (Å²) in [7, 11) is 3.25. The zero-order valence-electron chi connectivity index (χ0n) is 13.3. The molecule has 0 fully saturated rings. The maximum atomic E-state index is 5.49. The fourth-order valence-corrected chi connectivity index (χ4v) is 2.31. The Morgan fingerprint density at radius 3 is 2.55 bits per heavy atom. The number of aryl methyl sites for hydroxylation is 1. The van der Waals surface area contributed by atoms with Crippen LogP contribution in [0, 0.1) is 0 Å². The van der Waals surface area contributed by atoms with Gasteiger partial charge in [0.05, 0.1) is 20.4 Å². The van der Waals surface area contributed by atoms with E-state index >= 15 is 0 Å². The largest absolute Gasteiger partial charge is 0.493 e. The first-order valence-electron chi connectivity index (χ1n) is 7.61. The molecule has 1 aromatic heterocycles. The second-order valence-electron chi connectivity index (χ2n) is 5.14. The average Bonchev–Trinajstić information content (AvgIpc) is 3.03. The Morgan fingerprint density at radius 2 is 1.82 bits per heavy atom. The molecule has 0 radical (unpaired) electrons. The van der Waals surface area contributed by atoms with Gasteiger partial charge in [-0.15, -0.1) is 5.10 Å². The first-order valence-corrected chi connectivity index (χ1v) is 7.61. The molecule has 0 amide bonds. The molecule has 22 heavy (non-hydrogen) atoms. The second kappa shape index (κ2) is 8.38. The molecule has 0 unspecified atom stereocenters. The summed E-state index contributed by atoms with van der Waals surface area (Å²) in [5.41, 5.74) is 7.29. The fourth-order valence-electron chi connectivity index (χ4n) is 2.31. The highest BCUT2D eigenvalue weighted by Gasteiger charge is 2.09. The van der Waals surface area contributed by atoms with E-state index in [-0.39, 0.29) is 0 Å². The van der Waals surface area contributed by atoms with E-state index in [4.69, 9.17) is 15.2 Å². The third-order valence-corrected chi connectivity index (χ3v) is 3.56. The quantitative estimate of drug-likeness (QED) is 0.720. The van der Waals surface area contributed by atoms with Crippen molar-refractivity contribution < 1.29 is 9.47 Å². The van der Waals surface area contributed by atoms with Crippen molar-refractivity contribution in [2.45, 2.75) is 32.2 Å². The number of benzene rings is 1. The number of rotatable bonds is 9. The molecule has 0 aliphatic carbocycles. The van der Waals surface area contributed by atoms with E-state index < -0.39 is 0 Å². The Kier molecular flexibility index (Phi) is 6.21. The molecule has 0 spiro atoms. The van der Waals surface area contributed by atoms with E-state index in [1.54, 1.807) is 14.2 Å². The minimum atomic E-state index is 0.691. The molecule has 0 saturated heterocycles. The maximum absolute atomic E-state index is 5.49. The van der Waals surface area contributed by atoms with Gasteiger partial charge in [-0.2, -0.15) is 0 Å². The lowest BCUT2D eigenvalue weighted by molar-refractivity contribution is 0.355. The van der Waals surface area contributed by atoms with Crippen LogP contribution in [0.4, 0.5) is 0 Å². The number of aromatic nitrogens is 3. The van der Waals surface area contributed by atoms with Crippen molar-refractivity contribution in [1.29, 1.82) is 0 Å². The van der Waals surface area contributed by atoms with E-state index in [1.807, 2.05) is 29.1 Å². The Bertz CT molecular complexity index is 583. The topological polar surface area (TPSA) is 75.2 Å². The van der Waals surface area contributed by atoms with Crippen molar-refractivity contribution in [3.63, 3.8) is 0 Å². The van der Waals surface area contributed by atoms with Gasteiger partial charge in [-0.05, 0) is 37.6 Å². The van der Waals surface area contributed by atoms with E-state index in [0.29, 0.717) is 11.5 Å². The predicted molar refractivity (Wildman–Crippen MR) is 86.1 cm³/mol. The standard InChI is InChI=1S/C16H24N4O2/c1-21-15-8-7-13(11-16(15)22-2)14-12-20(19-18-14)10-6-4-3-5-9-17/h7-8,11-12H,3-6,9-10,17H2,1-2H3. The van der Waals surface area contributed by atoms with Crippen LogP contribution in [0.25, 0.3) is 11.3 Å². The second-order valence-corrected chi connectivity index (χ2v) is 5.14. The van der Waals surface area contributed by atoms with Crippen molar-refractivity contribution in [3.8, 4) is 22.8 Å². The molecule has 1 heterocycles. The summed E-state index contributed by atoms with van der Waals surface area (Å²) in [5, 5.41) is 8.41. The summed E-state index contributed by atoms with van der Waals surface area (Å²) < 4.78 is 12.4. The average molecular weight is 304 g/mol. The minimum absolute atomic E-state index is 0.691. The third-order valence-electron chi connectivity index (χ3n) is 3.56. The smallest absolute Gasteiger partial charge is 0.161 e. The summed E-state index contributed by atoms with van der Waals surface area (Å²) in [6.45, 7) is 1.65. The SMILES string of the molecule is COc1ccc(-c2cn(CCCCCCN)nn2)cc1OC.